The first-order valence-corrected chi connectivity index (χ1v) is 13.3. The van der Waals surface area contributed by atoms with Crippen molar-refractivity contribution in [3.8, 4) is 17.2 Å². The average Bonchev–Trinajstić information content (AvgIpc) is 3.35. The smallest absolute Gasteiger partial charge is 0.251 e. The normalized spacial score (nSPS) is 10.7. The molecule has 0 spiro atoms. The molecule has 39 heavy (non-hydrogen) atoms. The number of nitrogens with zero attached hydrogens (tertiary/aromatic N) is 3. The van der Waals surface area contributed by atoms with E-state index in [1.54, 1.807) is 34.9 Å². The molecule has 3 aromatic carbocycles. The molecule has 9 nitrogen and oxygen atoms in total. The minimum absolute atomic E-state index is 0.0765. The van der Waals surface area contributed by atoms with Gasteiger partial charge >= 0.3 is 0 Å². The third-order valence-electron chi connectivity index (χ3n) is 5.79. The molecule has 2 amide bonds. The van der Waals surface area contributed by atoms with E-state index >= 15 is 0 Å². The third-order valence-corrected chi connectivity index (χ3v) is 6.95. The van der Waals surface area contributed by atoms with Gasteiger partial charge in [0.05, 0.1) is 32.2 Å². The molecule has 0 bridgehead atoms. The molecule has 1 aromatic heterocycles. The van der Waals surface area contributed by atoms with E-state index in [2.05, 4.69) is 20.8 Å². The fourth-order valence-electron chi connectivity index (χ4n) is 3.77. The maximum Gasteiger partial charge on any atom is 0.251 e. The molecule has 0 aliphatic carbocycles. The van der Waals surface area contributed by atoms with Crippen molar-refractivity contribution in [1.82, 2.24) is 20.1 Å². The molecule has 4 aromatic rings. The number of methoxy groups -OCH3 is 2. The predicted molar refractivity (Wildman–Crippen MR) is 152 cm³/mol. The fraction of sp³-hybridized carbons (Fsp3) is 0.214. The largest absolute Gasteiger partial charge is 0.497 e. The molecule has 0 radical (unpaired) electrons. The Labute approximate surface area is 235 Å². The van der Waals surface area contributed by atoms with Gasteiger partial charge in [-0.2, -0.15) is 0 Å². The molecule has 4 rings (SSSR count). The van der Waals surface area contributed by atoms with Gasteiger partial charge in [-0.15, -0.1) is 10.2 Å². The van der Waals surface area contributed by atoms with Gasteiger partial charge in [0.2, 0.25) is 5.91 Å². The van der Waals surface area contributed by atoms with Crippen molar-refractivity contribution in [3.05, 3.63) is 88.2 Å². The van der Waals surface area contributed by atoms with Gasteiger partial charge in [-0.1, -0.05) is 41.6 Å². The molecule has 11 heteroatoms. The van der Waals surface area contributed by atoms with Gasteiger partial charge in [-0.25, -0.2) is 0 Å². The Kier molecular flexibility index (Phi) is 9.11. The number of ether oxygens (including phenoxy) is 2. The van der Waals surface area contributed by atoms with E-state index in [-0.39, 0.29) is 24.1 Å². The van der Waals surface area contributed by atoms with Crippen LogP contribution >= 0.6 is 23.4 Å². The van der Waals surface area contributed by atoms with E-state index in [9.17, 15) is 9.59 Å². The third kappa shape index (κ3) is 7.10. The Morgan fingerprint density at radius 2 is 1.72 bits per heavy atom. The number of nitrogens with one attached hydrogen (secondary N) is 2. The topological polar surface area (TPSA) is 107 Å². The second-order valence-electron chi connectivity index (χ2n) is 8.65. The van der Waals surface area contributed by atoms with Crippen LogP contribution in [0.2, 0.25) is 5.02 Å². The lowest BCUT2D eigenvalue weighted by molar-refractivity contribution is -0.113. The van der Waals surface area contributed by atoms with E-state index in [1.807, 2.05) is 44.2 Å². The van der Waals surface area contributed by atoms with E-state index < -0.39 is 0 Å². The molecule has 2 N–H and O–H groups in total. The highest BCUT2D eigenvalue weighted by molar-refractivity contribution is 7.99. The molecule has 202 valence electrons. The molecular weight excluding hydrogens is 538 g/mol. The Bertz CT molecular complexity index is 1490. The number of carbonyl (C=O) groups excluding carboxylic acids is 2. The van der Waals surface area contributed by atoms with Gasteiger partial charge in [-0.05, 0) is 61.4 Å². The molecule has 0 aliphatic rings. The lowest BCUT2D eigenvalue weighted by atomic mass is 10.1. The summed E-state index contributed by atoms with van der Waals surface area (Å²) in [6.45, 7) is 4.00. The fourth-order valence-corrected chi connectivity index (χ4v) is 4.72. The number of rotatable bonds is 10. The second-order valence-corrected chi connectivity index (χ2v) is 10.0. The van der Waals surface area contributed by atoms with Crippen LogP contribution in [0.1, 0.15) is 27.3 Å². The number of amides is 2. The zero-order valence-electron chi connectivity index (χ0n) is 21.9. The van der Waals surface area contributed by atoms with Crippen LogP contribution in [-0.4, -0.2) is 46.6 Å². The second kappa shape index (κ2) is 12.7. The van der Waals surface area contributed by atoms with Crippen LogP contribution < -0.4 is 20.1 Å². The summed E-state index contributed by atoms with van der Waals surface area (Å²) in [4.78, 5) is 25.7. The molecule has 0 fully saturated rings. The molecule has 0 atom stereocenters. The van der Waals surface area contributed by atoms with Gasteiger partial charge in [-0.3, -0.25) is 14.2 Å². The quantitative estimate of drug-likeness (QED) is 0.254. The van der Waals surface area contributed by atoms with Crippen LogP contribution in [0.15, 0.2) is 65.8 Å². The SMILES string of the molecule is COc1cc(OC)cc(C(=O)NCc2nnc(SCC(=O)Nc3cc(C)ccc3C)n2-c2cccc(Cl)c2)c1. The Balaban J connectivity index is 1.53. The Hall–Kier alpha value is -4.02. The van der Waals surface area contributed by atoms with Crippen molar-refractivity contribution in [1.29, 1.82) is 0 Å². The molecule has 1 heterocycles. The first-order valence-electron chi connectivity index (χ1n) is 12.0. The number of benzene rings is 3. The Morgan fingerprint density at radius 3 is 2.41 bits per heavy atom. The average molecular weight is 566 g/mol. The lowest BCUT2D eigenvalue weighted by Crippen LogP contribution is -2.24. The van der Waals surface area contributed by atoms with Crippen LogP contribution in [0.25, 0.3) is 5.69 Å². The number of carbonyl (C=O) groups is 2. The number of anilines is 1. The minimum atomic E-state index is -0.338. The van der Waals surface area contributed by atoms with Gasteiger partial charge in [0.15, 0.2) is 11.0 Å². The number of hydrogen-bond donors (Lipinski definition) is 2. The predicted octanol–water partition coefficient (Wildman–Crippen LogP) is 5.22. The minimum Gasteiger partial charge on any atom is -0.497 e. The van der Waals surface area contributed by atoms with Crippen molar-refractivity contribution in [3.63, 3.8) is 0 Å². The van der Waals surface area contributed by atoms with Crippen LogP contribution in [0.5, 0.6) is 11.5 Å². The van der Waals surface area contributed by atoms with Gasteiger partial charge in [0, 0.05) is 22.3 Å². The maximum absolute atomic E-state index is 12.9. The number of hydrogen-bond acceptors (Lipinski definition) is 7. The molecule has 0 aliphatic heterocycles. The van der Waals surface area contributed by atoms with Crippen molar-refractivity contribution in [2.45, 2.75) is 25.5 Å². The highest BCUT2D eigenvalue weighted by atomic mass is 35.5. The van der Waals surface area contributed by atoms with Crippen molar-refractivity contribution in [2.75, 3.05) is 25.3 Å². The highest BCUT2D eigenvalue weighted by Gasteiger charge is 2.18. The first kappa shape index (κ1) is 28.0. The number of aryl methyl sites for hydroxylation is 2. The summed E-state index contributed by atoms with van der Waals surface area (Å²) < 4.78 is 12.3. The summed E-state index contributed by atoms with van der Waals surface area (Å²) >= 11 is 7.49. The summed E-state index contributed by atoms with van der Waals surface area (Å²) in [5, 5.41) is 15.4. The van der Waals surface area contributed by atoms with E-state index in [1.165, 1.54) is 26.0 Å². The molecular formula is C28H28ClN5O4S. The summed E-state index contributed by atoms with van der Waals surface area (Å²) in [6.07, 6.45) is 0. The van der Waals surface area contributed by atoms with Gasteiger partial charge < -0.3 is 20.1 Å². The maximum atomic E-state index is 12.9. The summed E-state index contributed by atoms with van der Waals surface area (Å²) in [5.74, 6) is 1.07. The monoisotopic (exact) mass is 565 g/mol. The van der Waals surface area contributed by atoms with Crippen LogP contribution in [-0.2, 0) is 11.3 Å². The summed E-state index contributed by atoms with van der Waals surface area (Å²) in [5.41, 5.74) is 3.89. The summed E-state index contributed by atoms with van der Waals surface area (Å²) in [7, 11) is 3.04. The van der Waals surface area contributed by atoms with Crippen LogP contribution in [0, 0.1) is 13.8 Å². The zero-order chi connectivity index (χ0) is 27.9. The zero-order valence-corrected chi connectivity index (χ0v) is 23.5. The number of halogens is 1. The summed E-state index contributed by atoms with van der Waals surface area (Å²) in [6, 6.07) is 18.0. The van der Waals surface area contributed by atoms with Crippen molar-refractivity contribution >= 4 is 40.9 Å². The highest BCUT2D eigenvalue weighted by Crippen LogP contribution is 2.26. The van der Waals surface area contributed by atoms with Gasteiger partial charge in [0.25, 0.3) is 5.91 Å². The molecule has 0 unspecified atom stereocenters. The lowest BCUT2D eigenvalue weighted by Gasteiger charge is -2.12. The molecule has 0 saturated carbocycles. The Morgan fingerprint density at radius 1 is 0.974 bits per heavy atom. The molecule has 0 saturated heterocycles. The van der Waals surface area contributed by atoms with E-state index in [0.717, 1.165) is 16.8 Å². The van der Waals surface area contributed by atoms with Gasteiger partial charge in [0.1, 0.15) is 11.5 Å². The van der Waals surface area contributed by atoms with Crippen LogP contribution in [0.4, 0.5) is 5.69 Å². The number of thioether (sulfide) groups is 1. The van der Waals surface area contributed by atoms with E-state index in [0.29, 0.717) is 38.8 Å². The van der Waals surface area contributed by atoms with Crippen molar-refractivity contribution in [2.24, 2.45) is 0 Å². The first-order chi connectivity index (χ1) is 18.8. The van der Waals surface area contributed by atoms with Crippen molar-refractivity contribution < 1.29 is 19.1 Å². The van der Waals surface area contributed by atoms with E-state index in [4.69, 9.17) is 21.1 Å². The van der Waals surface area contributed by atoms with Crippen LogP contribution in [0.3, 0.4) is 0 Å². The standard InChI is InChI=1S/C28H28ClN5O4S/c1-17-8-9-18(2)24(10-17)31-26(35)16-39-28-33-32-25(34(28)21-7-5-6-20(29)13-21)15-30-27(36)19-11-22(37-3)14-23(12-19)38-4/h5-14H,15-16H2,1-4H3,(H,30,36)(H,31,35). The number of aromatic nitrogens is 3.